The van der Waals surface area contributed by atoms with Gasteiger partial charge in [0.15, 0.2) is 11.5 Å². The zero-order chi connectivity index (χ0) is 19.8. The maximum atomic E-state index is 12.5. The van der Waals surface area contributed by atoms with E-state index in [-0.39, 0.29) is 23.8 Å². The monoisotopic (exact) mass is 417 g/mol. The Morgan fingerprint density at radius 3 is 2.56 bits per heavy atom. The number of nitrogens with one attached hydrogen (secondary N) is 1. The van der Waals surface area contributed by atoms with E-state index >= 15 is 0 Å². The molecule has 2 aromatic rings. The van der Waals surface area contributed by atoms with E-state index in [1.807, 2.05) is 0 Å². The Balaban J connectivity index is 1.82. The van der Waals surface area contributed by atoms with E-state index in [0.717, 1.165) is 11.1 Å². The lowest BCUT2D eigenvalue weighted by Gasteiger charge is -2.12. The summed E-state index contributed by atoms with van der Waals surface area (Å²) in [5.74, 6) is 0.0650. The van der Waals surface area contributed by atoms with Crippen LogP contribution < -0.4 is 14.8 Å². The van der Waals surface area contributed by atoms with Crippen LogP contribution in [0.15, 0.2) is 36.4 Å². The average molecular weight is 418 g/mol. The highest BCUT2D eigenvalue weighted by atomic mass is 35.5. The second-order valence-electron chi connectivity index (χ2n) is 5.70. The van der Waals surface area contributed by atoms with Gasteiger partial charge >= 0.3 is 6.61 Å². The van der Waals surface area contributed by atoms with Crippen molar-refractivity contribution in [1.82, 2.24) is 5.32 Å². The van der Waals surface area contributed by atoms with Crippen molar-refractivity contribution in [3.63, 3.8) is 0 Å². The minimum absolute atomic E-state index is 0.0336. The molecule has 4 nitrogen and oxygen atoms in total. The molecule has 0 aliphatic heterocycles. The fraction of sp³-hybridized carbons (Fsp3) is 0.316. The molecular weight excluding hydrogens is 399 g/mol. The number of alkyl halides is 2. The summed E-state index contributed by atoms with van der Waals surface area (Å²) in [5, 5.41) is 3.86. The summed E-state index contributed by atoms with van der Waals surface area (Å²) < 4.78 is 34.3. The van der Waals surface area contributed by atoms with Crippen molar-refractivity contribution >= 4 is 29.1 Å². The first-order valence-electron chi connectivity index (χ1n) is 8.21. The second-order valence-corrected chi connectivity index (χ2v) is 6.54. The van der Waals surface area contributed by atoms with Gasteiger partial charge in [-0.3, -0.25) is 4.79 Å². The molecule has 0 aromatic heterocycles. The Labute approximate surface area is 166 Å². The van der Waals surface area contributed by atoms with Gasteiger partial charge in [-0.2, -0.15) is 8.78 Å². The number of hydrogen-bond donors (Lipinski definition) is 1. The summed E-state index contributed by atoms with van der Waals surface area (Å²) in [6.07, 6.45) is 1.25. The SMILES string of the molecule is COc1ccc(CCNC(=O)CCc2ccc(Cl)cc2Cl)cc1OC(F)F. The Morgan fingerprint density at radius 1 is 1.11 bits per heavy atom. The molecule has 146 valence electrons. The van der Waals surface area contributed by atoms with E-state index in [9.17, 15) is 13.6 Å². The number of rotatable bonds is 9. The number of benzene rings is 2. The number of hydrogen-bond acceptors (Lipinski definition) is 3. The summed E-state index contributed by atoms with van der Waals surface area (Å²) >= 11 is 11.9. The average Bonchev–Trinajstić information content (AvgIpc) is 2.61. The van der Waals surface area contributed by atoms with E-state index in [2.05, 4.69) is 10.1 Å². The van der Waals surface area contributed by atoms with Gasteiger partial charge in [-0.05, 0) is 48.2 Å². The molecule has 0 fully saturated rings. The number of aryl methyl sites for hydroxylation is 1. The largest absolute Gasteiger partial charge is 0.493 e. The molecule has 0 heterocycles. The minimum atomic E-state index is -2.94. The van der Waals surface area contributed by atoms with E-state index in [4.69, 9.17) is 27.9 Å². The first kappa shape index (κ1) is 21.3. The molecule has 0 saturated carbocycles. The molecule has 8 heteroatoms. The number of methoxy groups -OCH3 is 1. The van der Waals surface area contributed by atoms with Crippen LogP contribution in [0.5, 0.6) is 11.5 Å². The lowest BCUT2D eigenvalue weighted by Crippen LogP contribution is -2.25. The van der Waals surface area contributed by atoms with E-state index in [0.29, 0.717) is 29.4 Å². The van der Waals surface area contributed by atoms with Gasteiger partial charge in [-0.15, -0.1) is 0 Å². The van der Waals surface area contributed by atoms with Crippen molar-refractivity contribution in [1.29, 1.82) is 0 Å². The highest BCUT2D eigenvalue weighted by molar-refractivity contribution is 6.35. The number of halogens is 4. The van der Waals surface area contributed by atoms with Gasteiger partial charge in [0.25, 0.3) is 0 Å². The van der Waals surface area contributed by atoms with Gasteiger partial charge in [-0.25, -0.2) is 0 Å². The first-order chi connectivity index (χ1) is 12.9. The van der Waals surface area contributed by atoms with E-state index in [1.54, 1.807) is 30.3 Å². The zero-order valence-corrected chi connectivity index (χ0v) is 16.1. The predicted molar refractivity (Wildman–Crippen MR) is 101 cm³/mol. The summed E-state index contributed by atoms with van der Waals surface area (Å²) in [6.45, 7) is -2.57. The molecule has 0 spiro atoms. The van der Waals surface area contributed by atoms with Crippen LogP contribution >= 0.6 is 23.2 Å². The number of carbonyl (C=O) groups is 1. The summed E-state index contributed by atoms with van der Waals surface area (Å²) in [5.41, 5.74) is 1.59. The molecule has 0 aliphatic carbocycles. The molecule has 1 N–H and O–H groups in total. The quantitative estimate of drug-likeness (QED) is 0.631. The Morgan fingerprint density at radius 2 is 1.89 bits per heavy atom. The lowest BCUT2D eigenvalue weighted by molar-refractivity contribution is -0.121. The maximum absolute atomic E-state index is 12.5. The predicted octanol–water partition coefficient (Wildman–Crippen LogP) is 4.89. The Hall–Kier alpha value is -2.05. The number of carbonyl (C=O) groups excluding carboxylic acids is 1. The topological polar surface area (TPSA) is 47.6 Å². The molecule has 1 amide bonds. The molecule has 0 aliphatic rings. The number of ether oxygens (including phenoxy) is 2. The third-order valence-electron chi connectivity index (χ3n) is 3.82. The zero-order valence-electron chi connectivity index (χ0n) is 14.6. The van der Waals surface area contributed by atoms with Crippen molar-refractivity contribution in [2.24, 2.45) is 0 Å². The van der Waals surface area contributed by atoms with Crippen LogP contribution in [0.1, 0.15) is 17.5 Å². The van der Waals surface area contributed by atoms with Gasteiger partial charge in [0.05, 0.1) is 7.11 Å². The molecule has 27 heavy (non-hydrogen) atoms. The van der Waals surface area contributed by atoms with Crippen molar-refractivity contribution in [2.75, 3.05) is 13.7 Å². The van der Waals surface area contributed by atoms with Crippen LogP contribution in [0.25, 0.3) is 0 Å². The second kappa shape index (κ2) is 10.3. The Kier molecular flexibility index (Phi) is 8.13. The smallest absolute Gasteiger partial charge is 0.387 e. The van der Waals surface area contributed by atoms with Gasteiger partial charge < -0.3 is 14.8 Å². The van der Waals surface area contributed by atoms with Crippen molar-refractivity contribution < 1.29 is 23.0 Å². The number of amides is 1. The highest BCUT2D eigenvalue weighted by Gasteiger charge is 2.11. The fourth-order valence-corrected chi connectivity index (χ4v) is 2.97. The fourth-order valence-electron chi connectivity index (χ4n) is 2.47. The van der Waals surface area contributed by atoms with Crippen LogP contribution in [-0.4, -0.2) is 26.2 Å². The van der Waals surface area contributed by atoms with E-state index < -0.39 is 6.61 Å². The van der Waals surface area contributed by atoms with Crippen LogP contribution in [-0.2, 0) is 17.6 Å². The van der Waals surface area contributed by atoms with Gasteiger partial charge in [0, 0.05) is 23.0 Å². The van der Waals surface area contributed by atoms with Gasteiger partial charge in [0.2, 0.25) is 5.91 Å². The summed E-state index contributed by atoms with van der Waals surface area (Å²) in [4.78, 5) is 12.0. The molecule has 0 radical (unpaired) electrons. The molecule has 2 aromatic carbocycles. The molecule has 0 saturated heterocycles. The third kappa shape index (κ3) is 6.88. The van der Waals surface area contributed by atoms with Crippen LogP contribution in [0.4, 0.5) is 8.78 Å². The minimum Gasteiger partial charge on any atom is -0.493 e. The molecular formula is C19H19Cl2F2NO3. The van der Waals surface area contributed by atoms with Crippen LogP contribution in [0, 0.1) is 0 Å². The maximum Gasteiger partial charge on any atom is 0.387 e. The normalized spacial score (nSPS) is 10.7. The summed E-state index contributed by atoms with van der Waals surface area (Å²) in [6, 6.07) is 9.92. The molecule has 0 atom stereocenters. The third-order valence-corrected chi connectivity index (χ3v) is 4.40. The van der Waals surface area contributed by atoms with Crippen LogP contribution in [0.3, 0.4) is 0 Å². The van der Waals surface area contributed by atoms with Gasteiger partial charge in [-0.1, -0.05) is 35.3 Å². The van der Waals surface area contributed by atoms with E-state index in [1.165, 1.54) is 13.2 Å². The molecule has 0 unspecified atom stereocenters. The highest BCUT2D eigenvalue weighted by Crippen LogP contribution is 2.29. The Bertz CT molecular complexity index is 788. The van der Waals surface area contributed by atoms with Crippen molar-refractivity contribution in [3.05, 3.63) is 57.6 Å². The first-order valence-corrected chi connectivity index (χ1v) is 8.97. The summed E-state index contributed by atoms with van der Waals surface area (Å²) in [7, 11) is 1.38. The van der Waals surface area contributed by atoms with Crippen molar-refractivity contribution in [2.45, 2.75) is 25.9 Å². The van der Waals surface area contributed by atoms with Crippen LogP contribution in [0.2, 0.25) is 10.0 Å². The molecule has 2 rings (SSSR count). The standard InChI is InChI=1S/C19H19Cl2F2NO3/c1-26-16-6-2-12(10-17(16)27-19(22)23)8-9-24-18(25)7-4-13-3-5-14(20)11-15(13)21/h2-3,5-6,10-11,19H,4,7-9H2,1H3,(H,24,25). The molecule has 0 bridgehead atoms. The van der Waals surface area contributed by atoms with Crippen molar-refractivity contribution in [3.8, 4) is 11.5 Å². The van der Waals surface area contributed by atoms with Gasteiger partial charge in [0.1, 0.15) is 0 Å². The lowest BCUT2D eigenvalue weighted by atomic mass is 10.1.